The van der Waals surface area contributed by atoms with E-state index in [1.165, 1.54) is 11.8 Å². The highest BCUT2D eigenvalue weighted by molar-refractivity contribution is 5.83. The van der Waals surface area contributed by atoms with Crippen LogP contribution in [-0.4, -0.2) is 46.7 Å². The van der Waals surface area contributed by atoms with Gasteiger partial charge in [-0.05, 0) is 13.8 Å². The normalized spacial score (nSPS) is 32.8. The lowest BCUT2D eigenvalue weighted by molar-refractivity contribution is -0.170. The first kappa shape index (κ1) is 11.0. The Morgan fingerprint density at radius 1 is 1.43 bits per heavy atom. The number of nitrogens with zero attached hydrogens (tertiary/aromatic N) is 1. The van der Waals surface area contributed by atoms with E-state index in [9.17, 15) is 9.59 Å². The maximum absolute atomic E-state index is 11.2. The molecule has 1 aliphatic heterocycles. The van der Waals surface area contributed by atoms with Crippen LogP contribution in [0.2, 0.25) is 0 Å². The number of hydrogen-bond acceptors (Lipinski definition) is 3. The maximum atomic E-state index is 11.2. The Morgan fingerprint density at radius 3 is 2.43 bits per heavy atom. The second kappa shape index (κ2) is 3.96. The summed E-state index contributed by atoms with van der Waals surface area (Å²) in [7, 11) is 0. The molecule has 0 aromatic carbocycles. The first-order valence-electron chi connectivity index (χ1n) is 4.59. The SMILES string of the molecule is CC(=O)N1C[C@@H](C)O[C@H](C)C1C(=O)O. The van der Waals surface area contributed by atoms with Crippen LogP contribution in [0.25, 0.3) is 0 Å². The minimum absolute atomic E-state index is 0.107. The van der Waals surface area contributed by atoms with Crippen LogP contribution in [0.4, 0.5) is 0 Å². The number of hydrogen-bond donors (Lipinski definition) is 1. The molecule has 0 spiro atoms. The van der Waals surface area contributed by atoms with Gasteiger partial charge in [0, 0.05) is 13.5 Å². The minimum atomic E-state index is -1.01. The Hall–Kier alpha value is -1.10. The number of carbonyl (C=O) groups is 2. The average molecular weight is 201 g/mol. The maximum Gasteiger partial charge on any atom is 0.329 e. The third-order valence-corrected chi connectivity index (χ3v) is 2.34. The molecule has 1 unspecified atom stereocenters. The topological polar surface area (TPSA) is 66.8 Å². The number of carboxylic acids is 1. The van der Waals surface area contributed by atoms with Crippen molar-refractivity contribution < 1.29 is 19.4 Å². The molecule has 1 N–H and O–H groups in total. The van der Waals surface area contributed by atoms with Crippen molar-refractivity contribution in [2.75, 3.05) is 6.54 Å². The quantitative estimate of drug-likeness (QED) is 0.653. The van der Waals surface area contributed by atoms with E-state index in [0.29, 0.717) is 6.54 Å². The van der Waals surface area contributed by atoms with E-state index in [0.717, 1.165) is 0 Å². The molecule has 5 nitrogen and oxygen atoms in total. The van der Waals surface area contributed by atoms with Crippen LogP contribution in [-0.2, 0) is 14.3 Å². The van der Waals surface area contributed by atoms with Crippen LogP contribution in [0.15, 0.2) is 0 Å². The molecule has 1 heterocycles. The van der Waals surface area contributed by atoms with Crippen molar-refractivity contribution in [2.24, 2.45) is 0 Å². The summed E-state index contributed by atoms with van der Waals surface area (Å²) < 4.78 is 5.37. The zero-order chi connectivity index (χ0) is 10.9. The predicted molar refractivity (Wildman–Crippen MR) is 48.8 cm³/mol. The van der Waals surface area contributed by atoms with Crippen molar-refractivity contribution in [3.05, 3.63) is 0 Å². The van der Waals surface area contributed by atoms with Crippen molar-refractivity contribution in [2.45, 2.75) is 39.0 Å². The average Bonchev–Trinajstić information content (AvgIpc) is 2.01. The monoisotopic (exact) mass is 201 g/mol. The Kier molecular flexibility index (Phi) is 3.10. The molecule has 0 aliphatic carbocycles. The molecule has 0 aromatic rings. The lowest BCUT2D eigenvalue weighted by atomic mass is 10.1. The number of ether oxygens (including phenoxy) is 1. The summed E-state index contributed by atoms with van der Waals surface area (Å²) in [4.78, 5) is 23.5. The van der Waals surface area contributed by atoms with Gasteiger partial charge in [0.05, 0.1) is 12.2 Å². The summed E-state index contributed by atoms with van der Waals surface area (Å²) >= 11 is 0. The third-order valence-electron chi connectivity index (χ3n) is 2.34. The number of amides is 1. The van der Waals surface area contributed by atoms with Crippen LogP contribution in [0.5, 0.6) is 0 Å². The molecule has 1 amide bonds. The molecule has 5 heteroatoms. The van der Waals surface area contributed by atoms with E-state index in [4.69, 9.17) is 9.84 Å². The summed E-state index contributed by atoms with van der Waals surface area (Å²) in [6, 6.07) is -0.858. The first-order chi connectivity index (χ1) is 6.43. The molecule has 0 saturated carbocycles. The number of carbonyl (C=O) groups excluding carboxylic acids is 1. The van der Waals surface area contributed by atoms with Gasteiger partial charge < -0.3 is 14.7 Å². The van der Waals surface area contributed by atoms with Gasteiger partial charge in [0.15, 0.2) is 6.04 Å². The molecule has 0 bridgehead atoms. The highest BCUT2D eigenvalue weighted by Gasteiger charge is 2.39. The second-order valence-electron chi connectivity index (χ2n) is 3.61. The Morgan fingerprint density at radius 2 is 2.00 bits per heavy atom. The van der Waals surface area contributed by atoms with Gasteiger partial charge in [-0.1, -0.05) is 0 Å². The number of rotatable bonds is 1. The van der Waals surface area contributed by atoms with Gasteiger partial charge in [0.25, 0.3) is 0 Å². The largest absolute Gasteiger partial charge is 0.480 e. The van der Waals surface area contributed by atoms with Crippen molar-refractivity contribution >= 4 is 11.9 Å². The van der Waals surface area contributed by atoms with E-state index in [1.54, 1.807) is 6.92 Å². The fourth-order valence-electron chi connectivity index (χ4n) is 1.79. The van der Waals surface area contributed by atoms with Gasteiger partial charge in [-0.15, -0.1) is 0 Å². The molecular formula is C9H15NO4. The summed E-state index contributed by atoms with van der Waals surface area (Å²) in [6.45, 7) is 5.21. The summed E-state index contributed by atoms with van der Waals surface area (Å²) in [6.07, 6.45) is -0.565. The highest BCUT2D eigenvalue weighted by Crippen LogP contribution is 2.18. The summed E-state index contributed by atoms with van der Waals surface area (Å²) in [5, 5.41) is 8.94. The van der Waals surface area contributed by atoms with Crippen molar-refractivity contribution in [1.29, 1.82) is 0 Å². The molecule has 0 aromatic heterocycles. The van der Waals surface area contributed by atoms with Crippen molar-refractivity contribution in [3.63, 3.8) is 0 Å². The lowest BCUT2D eigenvalue weighted by Crippen LogP contribution is -2.58. The molecule has 0 radical (unpaired) electrons. The van der Waals surface area contributed by atoms with Crippen LogP contribution >= 0.6 is 0 Å². The standard InChI is InChI=1S/C9H15NO4/c1-5-4-10(7(3)11)8(9(12)13)6(2)14-5/h5-6,8H,4H2,1-3H3,(H,12,13)/t5-,6-,8?/m1/s1. The van der Waals surface area contributed by atoms with Crippen molar-refractivity contribution in [3.8, 4) is 0 Å². The molecule has 14 heavy (non-hydrogen) atoms. The Balaban J connectivity index is 2.86. The molecular weight excluding hydrogens is 186 g/mol. The third kappa shape index (κ3) is 2.04. The highest BCUT2D eigenvalue weighted by atomic mass is 16.5. The van der Waals surface area contributed by atoms with Gasteiger partial charge in [-0.3, -0.25) is 4.79 Å². The first-order valence-corrected chi connectivity index (χ1v) is 4.59. The van der Waals surface area contributed by atoms with Gasteiger partial charge in [0.2, 0.25) is 5.91 Å². The summed E-state index contributed by atoms with van der Waals surface area (Å²) in [5.74, 6) is -1.24. The van der Waals surface area contributed by atoms with Crippen LogP contribution in [0.3, 0.4) is 0 Å². The van der Waals surface area contributed by atoms with E-state index in [-0.39, 0.29) is 12.0 Å². The number of carboxylic acid groups (broad SMARTS) is 1. The smallest absolute Gasteiger partial charge is 0.329 e. The van der Waals surface area contributed by atoms with E-state index >= 15 is 0 Å². The van der Waals surface area contributed by atoms with Gasteiger partial charge in [-0.25, -0.2) is 4.79 Å². The van der Waals surface area contributed by atoms with E-state index in [2.05, 4.69) is 0 Å². The van der Waals surface area contributed by atoms with Crippen molar-refractivity contribution in [1.82, 2.24) is 4.90 Å². The van der Waals surface area contributed by atoms with Crippen LogP contribution in [0, 0.1) is 0 Å². The fraction of sp³-hybridized carbons (Fsp3) is 0.778. The van der Waals surface area contributed by atoms with E-state index < -0.39 is 18.1 Å². The fourth-order valence-corrected chi connectivity index (χ4v) is 1.79. The molecule has 1 rings (SSSR count). The zero-order valence-electron chi connectivity index (χ0n) is 8.56. The van der Waals surface area contributed by atoms with Gasteiger partial charge in [0.1, 0.15) is 0 Å². The number of aliphatic carboxylic acids is 1. The molecule has 1 saturated heterocycles. The molecule has 1 fully saturated rings. The Bertz CT molecular complexity index is 253. The molecule has 3 atom stereocenters. The lowest BCUT2D eigenvalue weighted by Gasteiger charge is -2.39. The van der Waals surface area contributed by atoms with Gasteiger partial charge >= 0.3 is 5.97 Å². The zero-order valence-corrected chi connectivity index (χ0v) is 8.56. The van der Waals surface area contributed by atoms with Crippen LogP contribution < -0.4 is 0 Å². The van der Waals surface area contributed by atoms with Gasteiger partial charge in [-0.2, -0.15) is 0 Å². The molecule has 80 valence electrons. The van der Waals surface area contributed by atoms with Crippen LogP contribution in [0.1, 0.15) is 20.8 Å². The minimum Gasteiger partial charge on any atom is -0.480 e. The second-order valence-corrected chi connectivity index (χ2v) is 3.61. The Labute approximate surface area is 82.6 Å². The summed E-state index contributed by atoms with van der Waals surface area (Å²) in [5.41, 5.74) is 0. The van der Waals surface area contributed by atoms with E-state index in [1.807, 2.05) is 6.92 Å². The molecule has 1 aliphatic rings. The number of morpholine rings is 1. The predicted octanol–water partition coefficient (Wildman–Crippen LogP) is 0.0953.